The maximum atomic E-state index is 12.3. The van der Waals surface area contributed by atoms with Crippen molar-refractivity contribution in [3.8, 4) is 0 Å². The van der Waals surface area contributed by atoms with E-state index in [1.54, 1.807) is 0 Å². The van der Waals surface area contributed by atoms with Crippen LogP contribution in [0.4, 0.5) is 5.69 Å². The number of rotatable bonds is 12. The molecule has 168 valence electrons. The summed E-state index contributed by atoms with van der Waals surface area (Å²) in [4.78, 5) is 14.5. The standard InChI is InChI=1S/C18H29N5O6S/c1-2-19-18(20-8-4-11-29-16-7-12-28-14-16)21-9-10-22-30(26,27)17-6-3-5-15(13-17)23(24)25/h3,5-6,13,16,22H,2,4,7-12,14H2,1H3,(H2,19,20,21). The molecule has 1 aromatic carbocycles. The van der Waals surface area contributed by atoms with Crippen molar-refractivity contribution >= 4 is 21.7 Å². The predicted octanol–water partition coefficient (Wildman–Crippen LogP) is 0.624. The number of hydrogen-bond acceptors (Lipinski definition) is 7. The number of sulfonamides is 1. The number of aliphatic imine (C=N–C) groups is 1. The summed E-state index contributed by atoms with van der Waals surface area (Å²) in [7, 11) is -3.84. The lowest BCUT2D eigenvalue weighted by Gasteiger charge is -2.12. The van der Waals surface area contributed by atoms with Crippen molar-refractivity contribution in [2.75, 3.05) is 46.0 Å². The first-order valence-corrected chi connectivity index (χ1v) is 11.4. The van der Waals surface area contributed by atoms with Gasteiger partial charge in [-0.25, -0.2) is 13.1 Å². The van der Waals surface area contributed by atoms with E-state index in [0.717, 1.165) is 25.5 Å². The average Bonchev–Trinajstić information content (AvgIpc) is 3.24. The molecule has 1 heterocycles. The van der Waals surface area contributed by atoms with Crippen LogP contribution in [-0.2, 0) is 19.5 Å². The minimum Gasteiger partial charge on any atom is -0.379 e. The zero-order valence-corrected chi connectivity index (χ0v) is 17.8. The van der Waals surface area contributed by atoms with Crippen molar-refractivity contribution in [3.05, 3.63) is 34.4 Å². The van der Waals surface area contributed by atoms with Crippen LogP contribution in [0.1, 0.15) is 19.8 Å². The van der Waals surface area contributed by atoms with Crippen LogP contribution >= 0.6 is 0 Å². The second-order valence-corrected chi connectivity index (χ2v) is 8.32. The molecule has 1 aromatic rings. The summed E-state index contributed by atoms with van der Waals surface area (Å²) in [6, 6.07) is 4.92. The first-order valence-electron chi connectivity index (χ1n) is 9.88. The Bertz CT molecular complexity index is 811. The number of hydrogen-bond donors (Lipinski definition) is 3. The molecule has 1 aliphatic rings. The lowest BCUT2D eigenvalue weighted by molar-refractivity contribution is -0.385. The molecule has 1 atom stereocenters. The van der Waals surface area contributed by atoms with Gasteiger partial charge in [-0.1, -0.05) is 6.07 Å². The first-order chi connectivity index (χ1) is 14.4. The number of nitrogens with zero attached hydrogens (tertiary/aromatic N) is 2. The molecule has 30 heavy (non-hydrogen) atoms. The van der Waals surface area contributed by atoms with Gasteiger partial charge in [-0.2, -0.15) is 0 Å². The molecule has 0 radical (unpaired) electrons. The van der Waals surface area contributed by atoms with Gasteiger partial charge in [0.15, 0.2) is 5.96 Å². The van der Waals surface area contributed by atoms with Crippen LogP contribution in [0.5, 0.6) is 0 Å². The molecule has 0 bridgehead atoms. The summed E-state index contributed by atoms with van der Waals surface area (Å²) in [5, 5.41) is 17.0. The van der Waals surface area contributed by atoms with Crippen molar-refractivity contribution in [3.63, 3.8) is 0 Å². The quantitative estimate of drug-likeness (QED) is 0.140. The molecule has 1 aliphatic heterocycles. The van der Waals surface area contributed by atoms with Crippen molar-refractivity contribution in [1.82, 2.24) is 15.4 Å². The first kappa shape index (κ1) is 24.0. The second kappa shape index (κ2) is 12.4. The van der Waals surface area contributed by atoms with E-state index in [2.05, 4.69) is 20.3 Å². The summed E-state index contributed by atoms with van der Waals surface area (Å²) in [5.74, 6) is 0.580. The van der Waals surface area contributed by atoms with Crippen LogP contribution in [-0.4, -0.2) is 71.4 Å². The number of non-ortho nitro benzene ring substituents is 1. The third-order valence-electron chi connectivity index (χ3n) is 4.21. The molecule has 11 nitrogen and oxygen atoms in total. The van der Waals surface area contributed by atoms with Gasteiger partial charge in [0.2, 0.25) is 10.0 Å². The zero-order chi connectivity index (χ0) is 21.8. The van der Waals surface area contributed by atoms with E-state index in [-0.39, 0.29) is 23.2 Å². The minimum absolute atomic E-state index is 0.0975. The van der Waals surface area contributed by atoms with Crippen LogP contribution in [0.25, 0.3) is 0 Å². The Balaban J connectivity index is 1.73. The molecule has 12 heteroatoms. The Morgan fingerprint density at radius 1 is 1.37 bits per heavy atom. The highest BCUT2D eigenvalue weighted by atomic mass is 32.2. The largest absolute Gasteiger partial charge is 0.379 e. The summed E-state index contributed by atoms with van der Waals surface area (Å²) in [5.41, 5.74) is -0.276. The summed E-state index contributed by atoms with van der Waals surface area (Å²) in [6.45, 7) is 5.59. The highest BCUT2D eigenvalue weighted by Crippen LogP contribution is 2.16. The van der Waals surface area contributed by atoms with E-state index in [4.69, 9.17) is 9.47 Å². The van der Waals surface area contributed by atoms with Crippen molar-refractivity contribution in [2.24, 2.45) is 4.99 Å². The third kappa shape index (κ3) is 8.22. The van der Waals surface area contributed by atoms with Gasteiger partial charge in [-0.15, -0.1) is 0 Å². The zero-order valence-electron chi connectivity index (χ0n) is 17.0. The van der Waals surface area contributed by atoms with E-state index < -0.39 is 14.9 Å². The molecule has 1 saturated heterocycles. The Morgan fingerprint density at radius 2 is 2.20 bits per heavy atom. The summed E-state index contributed by atoms with van der Waals surface area (Å²) in [6.07, 6.45) is 1.88. The van der Waals surface area contributed by atoms with E-state index in [1.807, 2.05) is 6.92 Å². The molecule has 2 rings (SSSR count). The molecular formula is C18H29N5O6S. The van der Waals surface area contributed by atoms with Crippen molar-refractivity contribution < 1.29 is 22.8 Å². The Labute approximate surface area is 176 Å². The van der Waals surface area contributed by atoms with E-state index >= 15 is 0 Å². The van der Waals surface area contributed by atoms with Gasteiger partial charge < -0.3 is 20.1 Å². The van der Waals surface area contributed by atoms with Crippen molar-refractivity contribution in [1.29, 1.82) is 0 Å². The number of guanidine groups is 1. The molecule has 0 aliphatic carbocycles. The maximum Gasteiger partial charge on any atom is 0.270 e. The Morgan fingerprint density at radius 3 is 2.90 bits per heavy atom. The summed E-state index contributed by atoms with van der Waals surface area (Å²) >= 11 is 0. The molecule has 0 amide bonds. The van der Waals surface area contributed by atoms with E-state index in [1.165, 1.54) is 18.2 Å². The van der Waals surface area contributed by atoms with Gasteiger partial charge in [0.25, 0.3) is 5.69 Å². The minimum atomic E-state index is -3.84. The normalized spacial score (nSPS) is 17.1. The number of benzene rings is 1. The molecule has 0 aromatic heterocycles. The van der Waals surface area contributed by atoms with Crippen LogP contribution in [0.2, 0.25) is 0 Å². The molecule has 0 spiro atoms. The van der Waals surface area contributed by atoms with Crippen molar-refractivity contribution in [2.45, 2.75) is 30.8 Å². The maximum absolute atomic E-state index is 12.3. The predicted molar refractivity (Wildman–Crippen MR) is 112 cm³/mol. The highest BCUT2D eigenvalue weighted by molar-refractivity contribution is 7.89. The average molecular weight is 444 g/mol. The van der Waals surface area contributed by atoms with E-state index in [9.17, 15) is 18.5 Å². The molecule has 1 unspecified atom stereocenters. The number of nitro benzene ring substituents is 1. The van der Waals surface area contributed by atoms with Crippen LogP contribution in [0.3, 0.4) is 0 Å². The monoisotopic (exact) mass is 443 g/mol. The topological polar surface area (TPSA) is 144 Å². The summed E-state index contributed by atoms with van der Waals surface area (Å²) < 4.78 is 38.0. The fourth-order valence-corrected chi connectivity index (χ4v) is 3.78. The smallest absolute Gasteiger partial charge is 0.270 e. The van der Waals surface area contributed by atoms with Gasteiger partial charge in [0.1, 0.15) is 0 Å². The number of nitrogens with one attached hydrogen (secondary N) is 3. The van der Waals surface area contributed by atoms with Crippen LogP contribution in [0, 0.1) is 10.1 Å². The SMILES string of the molecule is CCNC(=NCCCOC1CCOC1)NCCNS(=O)(=O)c1cccc([N+](=O)[O-])c1. The molecule has 1 fully saturated rings. The van der Waals surface area contributed by atoms with Gasteiger partial charge in [-0.3, -0.25) is 15.1 Å². The number of nitro groups is 1. The molecule has 3 N–H and O–H groups in total. The second-order valence-electron chi connectivity index (χ2n) is 6.55. The van der Waals surface area contributed by atoms with Crippen LogP contribution < -0.4 is 15.4 Å². The number of ether oxygens (including phenoxy) is 2. The molecule has 0 saturated carbocycles. The fraction of sp³-hybridized carbons (Fsp3) is 0.611. The van der Waals surface area contributed by atoms with Gasteiger partial charge in [-0.05, 0) is 25.8 Å². The Hall–Kier alpha value is -2.28. The fourth-order valence-electron chi connectivity index (χ4n) is 2.71. The van der Waals surface area contributed by atoms with Crippen LogP contribution in [0.15, 0.2) is 34.2 Å². The highest BCUT2D eigenvalue weighted by Gasteiger charge is 2.17. The van der Waals surface area contributed by atoms with E-state index in [0.29, 0.717) is 38.8 Å². The lowest BCUT2D eigenvalue weighted by Crippen LogP contribution is -2.41. The Kier molecular flexibility index (Phi) is 9.94. The van der Waals surface area contributed by atoms with Gasteiger partial charge in [0.05, 0.1) is 22.5 Å². The van der Waals surface area contributed by atoms with Gasteiger partial charge >= 0.3 is 0 Å². The third-order valence-corrected chi connectivity index (χ3v) is 5.67. The lowest BCUT2D eigenvalue weighted by atomic mass is 10.3. The van der Waals surface area contributed by atoms with Gasteiger partial charge in [0, 0.05) is 51.5 Å². The molecular weight excluding hydrogens is 414 g/mol.